The maximum atomic E-state index is 12.8. The molecule has 0 bridgehead atoms. The number of ether oxygens (including phenoxy) is 1. The number of hydrogen-bond donors (Lipinski definition) is 1. The van der Waals surface area contributed by atoms with Crippen LogP contribution < -0.4 is 9.46 Å². The van der Waals surface area contributed by atoms with Crippen molar-refractivity contribution in [1.29, 1.82) is 0 Å². The lowest BCUT2D eigenvalue weighted by atomic mass is 10.4. The van der Waals surface area contributed by atoms with Gasteiger partial charge in [-0.15, -0.1) is 0 Å². The first kappa shape index (κ1) is 14.5. The third-order valence-corrected chi connectivity index (χ3v) is 3.77. The van der Waals surface area contributed by atoms with E-state index in [9.17, 15) is 12.8 Å². The monoisotopic (exact) mass is 317 g/mol. The van der Waals surface area contributed by atoms with Gasteiger partial charge in [-0.2, -0.15) is 4.98 Å². The Morgan fingerprint density at radius 3 is 2.50 bits per heavy atom. The lowest BCUT2D eigenvalue weighted by Gasteiger charge is -2.08. The summed E-state index contributed by atoms with van der Waals surface area (Å²) in [6, 6.07) is 5.65. The Morgan fingerprint density at radius 2 is 1.90 bits per heavy atom. The first-order valence-corrected chi connectivity index (χ1v) is 7.14. The molecule has 1 N–H and O–H groups in total. The zero-order valence-corrected chi connectivity index (χ0v) is 11.7. The topological polar surface area (TPSA) is 81.2 Å². The maximum absolute atomic E-state index is 12.8. The third kappa shape index (κ3) is 3.34. The van der Waals surface area contributed by atoms with E-state index in [4.69, 9.17) is 16.3 Å². The zero-order chi connectivity index (χ0) is 14.8. The summed E-state index contributed by atoms with van der Waals surface area (Å²) >= 11 is 5.71. The van der Waals surface area contributed by atoms with E-state index in [0.29, 0.717) is 0 Å². The normalized spacial score (nSPS) is 11.2. The number of benzene rings is 1. The SMILES string of the molecule is COc1cc(Cl)nc(NS(=O)(=O)c2ccc(F)cc2)n1. The molecule has 0 fully saturated rings. The van der Waals surface area contributed by atoms with Crippen LogP contribution in [0.25, 0.3) is 0 Å². The summed E-state index contributed by atoms with van der Waals surface area (Å²) < 4.78 is 43.8. The highest BCUT2D eigenvalue weighted by atomic mass is 35.5. The molecule has 0 radical (unpaired) electrons. The van der Waals surface area contributed by atoms with Gasteiger partial charge in [0, 0.05) is 6.07 Å². The van der Waals surface area contributed by atoms with Crippen LogP contribution in [-0.4, -0.2) is 25.5 Å². The van der Waals surface area contributed by atoms with E-state index >= 15 is 0 Å². The van der Waals surface area contributed by atoms with Gasteiger partial charge in [-0.05, 0) is 24.3 Å². The van der Waals surface area contributed by atoms with Gasteiger partial charge in [0.15, 0.2) is 0 Å². The second-order valence-corrected chi connectivity index (χ2v) is 5.69. The minimum Gasteiger partial charge on any atom is -0.481 e. The number of rotatable bonds is 4. The third-order valence-electron chi connectivity index (χ3n) is 2.23. The average molecular weight is 318 g/mol. The number of nitrogens with zero attached hydrogens (tertiary/aromatic N) is 2. The average Bonchev–Trinajstić information content (AvgIpc) is 2.37. The summed E-state index contributed by atoms with van der Waals surface area (Å²) in [4.78, 5) is 7.39. The number of nitrogens with one attached hydrogen (secondary N) is 1. The van der Waals surface area contributed by atoms with Crippen LogP contribution in [0.3, 0.4) is 0 Å². The molecule has 2 rings (SSSR count). The molecule has 106 valence electrons. The number of methoxy groups -OCH3 is 1. The largest absolute Gasteiger partial charge is 0.481 e. The molecular formula is C11H9ClFN3O3S. The number of sulfonamides is 1. The Balaban J connectivity index is 2.33. The van der Waals surface area contributed by atoms with Gasteiger partial charge in [0.25, 0.3) is 10.0 Å². The van der Waals surface area contributed by atoms with Gasteiger partial charge in [0.2, 0.25) is 11.8 Å². The van der Waals surface area contributed by atoms with Gasteiger partial charge in [0.05, 0.1) is 12.0 Å². The van der Waals surface area contributed by atoms with Crippen molar-refractivity contribution in [2.75, 3.05) is 11.8 Å². The standard InChI is InChI=1S/C11H9ClFN3O3S/c1-19-10-6-9(12)14-11(15-10)16-20(17,18)8-4-2-7(13)3-5-8/h2-6H,1H3,(H,14,15,16). The molecule has 0 saturated carbocycles. The lowest BCUT2D eigenvalue weighted by Crippen LogP contribution is -2.15. The molecule has 2 aromatic rings. The molecule has 9 heteroatoms. The van der Waals surface area contributed by atoms with E-state index in [1.807, 2.05) is 0 Å². The van der Waals surface area contributed by atoms with Crippen molar-refractivity contribution in [2.45, 2.75) is 4.90 Å². The van der Waals surface area contributed by atoms with Crippen LogP contribution in [-0.2, 0) is 10.0 Å². The molecule has 0 aliphatic heterocycles. The first-order valence-electron chi connectivity index (χ1n) is 5.28. The molecule has 1 aromatic heterocycles. The highest BCUT2D eigenvalue weighted by Gasteiger charge is 2.16. The van der Waals surface area contributed by atoms with Crippen molar-refractivity contribution in [3.63, 3.8) is 0 Å². The van der Waals surface area contributed by atoms with Crippen molar-refractivity contribution in [1.82, 2.24) is 9.97 Å². The summed E-state index contributed by atoms with van der Waals surface area (Å²) in [5.74, 6) is -0.662. The Labute approximate surface area is 119 Å². The van der Waals surface area contributed by atoms with Crippen LogP contribution in [0.4, 0.5) is 10.3 Å². The molecule has 0 saturated heterocycles. The van der Waals surface area contributed by atoms with Crippen molar-refractivity contribution in [2.24, 2.45) is 0 Å². The second kappa shape index (κ2) is 5.59. The molecule has 6 nitrogen and oxygen atoms in total. The Hall–Kier alpha value is -1.93. The van der Waals surface area contributed by atoms with Gasteiger partial charge < -0.3 is 4.74 Å². The zero-order valence-electron chi connectivity index (χ0n) is 10.2. The summed E-state index contributed by atoms with van der Waals surface area (Å²) in [5.41, 5.74) is 0. The molecule has 0 aliphatic carbocycles. The van der Waals surface area contributed by atoms with Gasteiger partial charge in [-0.1, -0.05) is 11.6 Å². The van der Waals surface area contributed by atoms with Gasteiger partial charge >= 0.3 is 0 Å². The van der Waals surface area contributed by atoms with E-state index in [1.165, 1.54) is 13.2 Å². The molecule has 0 unspecified atom stereocenters. The summed E-state index contributed by atoms with van der Waals surface area (Å²) in [5, 5.41) is 0.0219. The van der Waals surface area contributed by atoms with E-state index in [1.54, 1.807) is 0 Å². The van der Waals surface area contributed by atoms with Gasteiger partial charge in [0.1, 0.15) is 11.0 Å². The molecular weight excluding hydrogens is 309 g/mol. The predicted molar refractivity (Wildman–Crippen MR) is 70.8 cm³/mol. The van der Waals surface area contributed by atoms with Crippen LogP contribution in [0.1, 0.15) is 0 Å². The Bertz CT molecular complexity index is 722. The van der Waals surface area contributed by atoms with Crippen molar-refractivity contribution in [3.8, 4) is 5.88 Å². The molecule has 1 aromatic carbocycles. The lowest BCUT2D eigenvalue weighted by molar-refractivity contribution is 0.397. The quantitative estimate of drug-likeness (QED) is 0.873. The van der Waals surface area contributed by atoms with Crippen molar-refractivity contribution in [3.05, 3.63) is 41.3 Å². The van der Waals surface area contributed by atoms with Crippen LogP contribution in [0.5, 0.6) is 5.88 Å². The number of hydrogen-bond acceptors (Lipinski definition) is 5. The van der Waals surface area contributed by atoms with Gasteiger partial charge in [-0.25, -0.2) is 22.5 Å². The van der Waals surface area contributed by atoms with E-state index in [0.717, 1.165) is 24.3 Å². The summed E-state index contributed by atoms with van der Waals surface area (Å²) in [7, 11) is -2.57. The minimum atomic E-state index is -3.93. The van der Waals surface area contributed by atoms with E-state index in [2.05, 4.69) is 14.7 Å². The van der Waals surface area contributed by atoms with Gasteiger partial charge in [-0.3, -0.25) is 0 Å². The minimum absolute atomic E-state index is 0.0219. The van der Waals surface area contributed by atoms with Crippen LogP contribution in [0.15, 0.2) is 35.2 Å². The predicted octanol–water partition coefficient (Wildman–Crippen LogP) is 2.08. The fourth-order valence-corrected chi connectivity index (χ4v) is 2.46. The van der Waals surface area contributed by atoms with E-state index in [-0.39, 0.29) is 21.9 Å². The smallest absolute Gasteiger partial charge is 0.264 e. The van der Waals surface area contributed by atoms with E-state index < -0.39 is 15.8 Å². The summed E-state index contributed by atoms with van der Waals surface area (Å²) in [6.07, 6.45) is 0. The number of halogens is 2. The highest BCUT2D eigenvalue weighted by Crippen LogP contribution is 2.19. The first-order chi connectivity index (χ1) is 9.40. The number of aromatic nitrogens is 2. The fraction of sp³-hybridized carbons (Fsp3) is 0.0909. The molecule has 0 amide bonds. The van der Waals surface area contributed by atoms with Crippen LogP contribution in [0.2, 0.25) is 5.15 Å². The fourth-order valence-electron chi connectivity index (χ4n) is 1.34. The molecule has 20 heavy (non-hydrogen) atoms. The summed E-state index contributed by atoms with van der Waals surface area (Å²) in [6.45, 7) is 0. The molecule has 0 spiro atoms. The maximum Gasteiger partial charge on any atom is 0.264 e. The second-order valence-electron chi connectivity index (χ2n) is 3.62. The highest BCUT2D eigenvalue weighted by molar-refractivity contribution is 7.92. The Kier molecular flexibility index (Phi) is 4.05. The van der Waals surface area contributed by atoms with Crippen molar-refractivity contribution >= 4 is 27.6 Å². The Morgan fingerprint density at radius 1 is 1.25 bits per heavy atom. The molecule has 1 heterocycles. The van der Waals surface area contributed by atoms with Crippen LogP contribution >= 0.6 is 11.6 Å². The molecule has 0 aliphatic rings. The molecule has 0 atom stereocenters. The van der Waals surface area contributed by atoms with Crippen molar-refractivity contribution < 1.29 is 17.5 Å². The number of anilines is 1. The van der Waals surface area contributed by atoms with Crippen LogP contribution in [0, 0.1) is 5.82 Å².